The standard InChI is InChI=1S/C16H10F3NO2/c17-16(18,19)9-10-6-7-12-13(8-10)15(22)20(14(12)21)11-4-2-1-3-5-11/h1-8H,9H2. The monoisotopic (exact) mass is 305 g/mol. The van der Waals surface area contributed by atoms with Crippen LogP contribution in [0.4, 0.5) is 18.9 Å². The van der Waals surface area contributed by atoms with E-state index in [0.717, 1.165) is 11.0 Å². The van der Waals surface area contributed by atoms with Gasteiger partial charge in [-0.25, -0.2) is 4.90 Å². The van der Waals surface area contributed by atoms with E-state index in [-0.39, 0.29) is 16.7 Å². The molecular formula is C16H10F3NO2. The minimum absolute atomic E-state index is 0.00982. The van der Waals surface area contributed by atoms with Crippen LogP contribution in [-0.4, -0.2) is 18.0 Å². The number of para-hydroxylation sites is 1. The van der Waals surface area contributed by atoms with Crippen molar-refractivity contribution >= 4 is 17.5 Å². The third-order valence-corrected chi connectivity index (χ3v) is 3.37. The Kier molecular flexibility index (Phi) is 3.24. The van der Waals surface area contributed by atoms with Crippen molar-refractivity contribution in [1.29, 1.82) is 0 Å². The van der Waals surface area contributed by atoms with Gasteiger partial charge in [0, 0.05) is 0 Å². The van der Waals surface area contributed by atoms with E-state index in [1.165, 1.54) is 12.1 Å². The van der Waals surface area contributed by atoms with Gasteiger partial charge in [-0.05, 0) is 29.8 Å². The van der Waals surface area contributed by atoms with E-state index >= 15 is 0 Å². The van der Waals surface area contributed by atoms with Crippen molar-refractivity contribution < 1.29 is 22.8 Å². The molecule has 0 unspecified atom stereocenters. The van der Waals surface area contributed by atoms with Crippen molar-refractivity contribution in [2.24, 2.45) is 0 Å². The molecular weight excluding hydrogens is 295 g/mol. The summed E-state index contributed by atoms with van der Waals surface area (Å²) >= 11 is 0. The number of hydrogen-bond donors (Lipinski definition) is 0. The van der Waals surface area contributed by atoms with Crippen molar-refractivity contribution in [3.63, 3.8) is 0 Å². The molecule has 0 atom stereocenters. The average molecular weight is 305 g/mol. The number of amides is 2. The number of imide groups is 1. The first kappa shape index (κ1) is 14.3. The molecule has 22 heavy (non-hydrogen) atoms. The summed E-state index contributed by atoms with van der Waals surface area (Å²) in [5.41, 5.74) is 0.490. The van der Waals surface area contributed by atoms with E-state index in [1.807, 2.05) is 0 Å². The first-order chi connectivity index (χ1) is 10.4. The predicted octanol–water partition coefficient (Wildman–Crippen LogP) is 3.59. The summed E-state index contributed by atoms with van der Waals surface area (Å²) in [5.74, 6) is -1.13. The summed E-state index contributed by atoms with van der Waals surface area (Å²) in [6, 6.07) is 11.9. The molecule has 0 saturated heterocycles. The normalized spacial score (nSPS) is 14.4. The number of fused-ring (bicyclic) bond motifs is 1. The van der Waals surface area contributed by atoms with E-state index in [1.54, 1.807) is 30.3 Å². The lowest BCUT2D eigenvalue weighted by Crippen LogP contribution is -2.29. The molecule has 1 aliphatic heterocycles. The quantitative estimate of drug-likeness (QED) is 0.795. The third kappa shape index (κ3) is 2.47. The molecule has 112 valence electrons. The van der Waals surface area contributed by atoms with Gasteiger partial charge < -0.3 is 0 Å². The zero-order valence-electron chi connectivity index (χ0n) is 11.2. The van der Waals surface area contributed by atoms with Crippen LogP contribution < -0.4 is 4.90 Å². The lowest BCUT2D eigenvalue weighted by atomic mass is 10.0. The fourth-order valence-electron chi connectivity index (χ4n) is 2.44. The summed E-state index contributed by atoms with van der Waals surface area (Å²) in [6.07, 6.45) is -5.49. The number of carbonyl (C=O) groups is 2. The molecule has 3 nitrogen and oxygen atoms in total. The second-order valence-electron chi connectivity index (χ2n) is 4.95. The van der Waals surface area contributed by atoms with Crippen molar-refractivity contribution in [1.82, 2.24) is 0 Å². The Morgan fingerprint density at radius 2 is 1.50 bits per heavy atom. The highest BCUT2D eigenvalue weighted by Gasteiger charge is 2.37. The van der Waals surface area contributed by atoms with Crippen LogP contribution in [0.5, 0.6) is 0 Å². The Morgan fingerprint density at radius 3 is 2.14 bits per heavy atom. The highest BCUT2D eigenvalue weighted by molar-refractivity contribution is 6.34. The van der Waals surface area contributed by atoms with Crippen LogP contribution in [0, 0.1) is 0 Å². The summed E-state index contributed by atoms with van der Waals surface area (Å²) in [7, 11) is 0. The Labute approximate surface area is 124 Å². The van der Waals surface area contributed by atoms with Crippen LogP contribution in [0.2, 0.25) is 0 Å². The van der Waals surface area contributed by atoms with Crippen molar-refractivity contribution in [2.45, 2.75) is 12.6 Å². The molecule has 2 amide bonds. The molecule has 0 spiro atoms. The molecule has 0 bridgehead atoms. The minimum atomic E-state index is -4.36. The van der Waals surface area contributed by atoms with Gasteiger partial charge in [-0.15, -0.1) is 0 Å². The van der Waals surface area contributed by atoms with Gasteiger partial charge in [-0.2, -0.15) is 13.2 Å². The lowest BCUT2D eigenvalue weighted by Gasteiger charge is -2.13. The molecule has 1 heterocycles. The molecule has 2 aromatic rings. The molecule has 0 saturated carbocycles. The van der Waals surface area contributed by atoms with Gasteiger partial charge in [0.2, 0.25) is 0 Å². The molecule has 0 fully saturated rings. The average Bonchev–Trinajstić information content (AvgIpc) is 2.70. The smallest absolute Gasteiger partial charge is 0.268 e. The van der Waals surface area contributed by atoms with E-state index < -0.39 is 24.4 Å². The van der Waals surface area contributed by atoms with Gasteiger partial charge in [-0.3, -0.25) is 9.59 Å². The molecule has 0 aromatic heterocycles. The number of alkyl halides is 3. The summed E-state index contributed by atoms with van der Waals surface area (Å²) in [6.45, 7) is 0. The molecule has 0 radical (unpaired) electrons. The highest BCUT2D eigenvalue weighted by Crippen LogP contribution is 2.30. The topological polar surface area (TPSA) is 37.4 Å². The lowest BCUT2D eigenvalue weighted by molar-refractivity contribution is -0.127. The molecule has 6 heteroatoms. The number of anilines is 1. The van der Waals surface area contributed by atoms with Crippen molar-refractivity contribution in [2.75, 3.05) is 4.90 Å². The Balaban J connectivity index is 1.99. The van der Waals surface area contributed by atoms with Gasteiger partial charge >= 0.3 is 6.18 Å². The first-order valence-electron chi connectivity index (χ1n) is 6.50. The molecule has 0 aliphatic carbocycles. The number of benzene rings is 2. The van der Waals surface area contributed by atoms with Crippen LogP contribution in [-0.2, 0) is 6.42 Å². The van der Waals surface area contributed by atoms with Crippen molar-refractivity contribution in [3.8, 4) is 0 Å². The maximum Gasteiger partial charge on any atom is 0.393 e. The zero-order valence-corrected chi connectivity index (χ0v) is 11.2. The van der Waals surface area contributed by atoms with Crippen LogP contribution in [0.15, 0.2) is 48.5 Å². The second kappa shape index (κ2) is 4.98. The SMILES string of the molecule is O=C1c2ccc(CC(F)(F)F)cc2C(=O)N1c1ccccc1. The van der Waals surface area contributed by atoms with Gasteiger partial charge in [0.05, 0.1) is 23.2 Å². The first-order valence-corrected chi connectivity index (χ1v) is 6.50. The summed E-state index contributed by atoms with van der Waals surface area (Å²) < 4.78 is 37.3. The Bertz CT molecular complexity index is 754. The fraction of sp³-hybridized carbons (Fsp3) is 0.125. The van der Waals surface area contributed by atoms with Gasteiger partial charge in [0.1, 0.15) is 0 Å². The van der Waals surface area contributed by atoms with E-state index in [9.17, 15) is 22.8 Å². The molecule has 0 N–H and O–H groups in total. The van der Waals surface area contributed by atoms with Crippen LogP contribution in [0.3, 0.4) is 0 Å². The van der Waals surface area contributed by atoms with Crippen LogP contribution in [0.1, 0.15) is 26.3 Å². The Morgan fingerprint density at radius 1 is 0.864 bits per heavy atom. The van der Waals surface area contributed by atoms with Crippen molar-refractivity contribution in [3.05, 3.63) is 65.2 Å². The number of nitrogens with zero attached hydrogens (tertiary/aromatic N) is 1. The summed E-state index contributed by atoms with van der Waals surface area (Å²) in [5, 5.41) is 0. The largest absolute Gasteiger partial charge is 0.393 e. The predicted molar refractivity (Wildman–Crippen MR) is 73.8 cm³/mol. The summed E-state index contributed by atoms with van der Waals surface area (Å²) in [4.78, 5) is 25.6. The number of carbonyl (C=O) groups excluding carboxylic acids is 2. The fourth-order valence-corrected chi connectivity index (χ4v) is 2.44. The molecule has 2 aromatic carbocycles. The number of rotatable bonds is 2. The molecule has 1 aliphatic rings. The number of halogens is 3. The Hall–Kier alpha value is -2.63. The maximum atomic E-state index is 12.4. The maximum absolute atomic E-state index is 12.4. The molecule has 3 rings (SSSR count). The van der Waals surface area contributed by atoms with Crippen LogP contribution >= 0.6 is 0 Å². The highest BCUT2D eigenvalue weighted by atomic mass is 19.4. The van der Waals surface area contributed by atoms with E-state index in [4.69, 9.17) is 0 Å². The van der Waals surface area contributed by atoms with E-state index in [2.05, 4.69) is 0 Å². The minimum Gasteiger partial charge on any atom is -0.268 e. The van der Waals surface area contributed by atoms with Gasteiger partial charge in [0.15, 0.2) is 0 Å². The van der Waals surface area contributed by atoms with Crippen LogP contribution in [0.25, 0.3) is 0 Å². The zero-order chi connectivity index (χ0) is 15.9. The second-order valence-corrected chi connectivity index (χ2v) is 4.95. The van der Waals surface area contributed by atoms with E-state index in [0.29, 0.717) is 5.69 Å². The van der Waals surface area contributed by atoms with Gasteiger partial charge in [-0.1, -0.05) is 24.3 Å². The van der Waals surface area contributed by atoms with Gasteiger partial charge in [0.25, 0.3) is 11.8 Å². The third-order valence-electron chi connectivity index (χ3n) is 3.37. The number of hydrogen-bond acceptors (Lipinski definition) is 2.